The molecule has 0 saturated carbocycles. The second-order valence-corrected chi connectivity index (χ2v) is 5.00. The molecule has 22 heavy (non-hydrogen) atoms. The molecule has 0 radical (unpaired) electrons. The topological polar surface area (TPSA) is 38.1 Å². The van der Waals surface area contributed by atoms with Crippen molar-refractivity contribution in [1.82, 2.24) is 14.5 Å². The zero-order chi connectivity index (χ0) is 16.5. The molecule has 1 aromatic heterocycles. The maximum absolute atomic E-state index is 12.2. The summed E-state index contributed by atoms with van der Waals surface area (Å²) in [7, 11) is 1.84. The van der Waals surface area contributed by atoms with E-state index in [9.17, 15) is 4.79 Å². The number of hydrogen-bond acceptors (Lipinski definition) is 2. The fraction of sp³-hybridized carbons (Fsp3) is 0.444. The van der Waals surface area contributed by atoms with E-state index in [1.165, 1.54) is 0 Å². The average molecular weight is 301 g/mol. The number of rotatable bonds is 5. The summed E-state index contributed by atoms with van der Waals surface area (Å²) in [4.78, 5) is 18.4. The summed E-state index contributed by atoms with van der Waals surface area (Å²) in [5, 5.41) is 0. The van der Waals surface area contributed by atoms with Crippen molar-refractivity contribution >= 4 is 5.91 Å². The summed E-state index contributed by atoms with van der Waals surface area (Å²) in [5.41, 5.74) is 2.17. The first kappa shape index (κ1) is 18.0. The normalized spacial score (nSPS) is 9.86. The van der Waals surface area contributed by atoms with Gasteiger partial charge >= 0.3 is 0 Å². The zero-order valence-corrected chi connectivity index (χ0v) is 14.3. The Morgan fingerprint density at radius 2 is 1.86 bits per heavy atom. The minimum Gasteiger partial charge on any atom is -0.340 e. The number of amides is 1. The van der Waals surface area contributed by atoms with E-state index in [-0.39, 0.29) is 5.91 Å². The van der Waals surface area contributed by atoms with E-state index >= 15 is 0 Å². The lowest BCUT2D eigenvalue weighted by molar-refractivity contribution is -0.131. The number of likely N-dealkylation sites (N-methyl/N-ethyl adjacent to an activating group) is 1. The van der Waals surface area contributed by atoms with Crippen molar-refractivity contribution in [2.24, 2.45) is 0 Å². The maximum atomic E-state index is 12.2. The first-order valence-corrected chi connectivity index (χ1v) is 7.90. The summed E-state index contributed by atoms with van der Waals surface area (Å²) in [5.74, 6) is 0.986. The molecule has 1 amide bonds. The van der Waals surface area contributed by atoms with Crippen LogP contribution in [0.25, 0.3) is 0 Å². The van der Waals surface area contributed by atoms with Gasteiger partial charge in [0.1, 0.15) is 12.4 Å². The van der Waals surface area contributed by atoms with Gasteiger partial charge in [0.05, 0.1) is 5.69 Å². The van der Waals surface area contributed by atoms with Gasteiger partial charge < -0.3 is 9.47 Å². The number of aromatic nitrogens is 2. The van der Waals surface area contributed by atoms with Crippen LogP contribution in [0, 0.1) is 6.92 Å². The van der Waals surface area contributed by atoms with Crippen LogP contribution in [0.4, 0.5) is 0 Å². The molecule has 0 N–H and O–H groups in total. The third kappa shape index (κ3) is 5.02. The zero-order valence-electron chi connectivity index (χ0n) is 14.3. The molecule has 120 valence electrons. The largest absolute Gasteiger partial charge is 0.340 e. The van der Waals surface area contributed by atoms with Crippen LogP contribution in [-0.4, -0.2) is 27.4 Å². The Bertz CT molecular complexity index is 575. The van der Waals surface area contributed by atoms with Crippen LogP contribution in [0.1, 0.15) is 37.9 Å². The molecule has 0 spiro atoms. The Kier molecular flexibility index (Phi) is 7.37. The molecule has 1 heterocycles. The number of hydrogen-bond donors (Lipinski definition) is 0. The van der Waals surface area contributed by atoms with Crippen molar-refractivity contribution in [1.29, 1.82) is 0 Å². The lowest BCUT2D eigenvalue weighted by atomic mass is 10.2. The standard InChI is InChI=1S/C16H21N3O.C2H6/c1-4-15-11-19(13(2)17-15)12-16(20)18(3)10-14-8-6-5-7-9-14;1-2/h5-9,11H,4,10,12H2,1-3H3;1-2H3. The molecule has 4 heteroatoms. The lowest BCUT2D eigenvalue weighted by Crippen LogP contribution is -2.29. The van der Waals surface area contributed by atoms with Gasteiger partial charge in [0, 0.05) is 19.8 Å². The Morgan fingerprint density at radius 1 is 1.23 bits per heavy atom. The molecule has 0 unspecified atom stereocenters. The second-order valence-electron chi connectivity index (χ2n) is 5.00. The predicted octanol–water partition coefficient (Wildman–Crippen LogP) is 3.44. The smallest absolute Gasteiger partial charge is 0.242 e. The number of benzene rings is 1. The molecule has 1 aromatic carbocycles. The Labute approximate surface area is 133 Å². The van der Waals surface area contributed by atoms with Crippen LogP contribution in [0.5, 0.6) is 0 Å². The Hall–Kier alpha value is -2.10. The number of carbonyl (C=O) groups excluding carboxylic acids is 1. The average Bonchev–Trinajstić information content (AvgIpc) is 2.90. The third-order valence-electron chi connectivity index (χ3n) is 3.38. The lowest BCUT2D eigenvalue weighted by Gasteiger charge is -2.18. The van der Waals surface area contributed by atoms with Crippen LogP contribution < -0.4 is 0 Å². The molecule has 4 nitrogen and oxygen atoms in total. The van der Waals surface area contributed by atoms with Crippen LogP contribution >= 0.6 is 0 Å². The van der Waals surface area contributed by atoms with Crippen LogP contribution in [0.2, 0.25) is 0 Å². The monoisotopic (exact) mass is 301 g/mol. The fourth-order valence-electron chi connectivity index (χ4n) is 2.12. The van der Waals surface area contributed by atoms with Crippen molar-refractivity contribution in [2.45, 2.75) is 47.2 Å². The van der Waals surface area contributed by atoms with Crippen molar-refractivity contribution in [2.75, 3.05) is 7.05 Å². The van der Waals surface area contributed by atoms with Gasteiger partial charge in [0.15, 0.2) is 0 Å². The first-order valence-electron chi connectivity index (χ1n) is 7.90. The van der Waals surface area contributed by atoms with Crippen molar-refractivity contribution < 1.29 is 4.79 Å². The van der Waals surface area contributed by atoms with Gasteiger partial charge in [0.2, 0.25) is 5.91 Å². The van der Waals surface area contributed by atoms with E-state index in [1.807, 2.05) is 68.9 Å². The van der Waals surface area contributed by atoms with Crippen LogP contribution in [0.3, 0.4) is 0 Å². The molecule has 0 aliphatic heterocycles. The van der Waals surface area contributed by atoms with Gasteiger partial charge in [0.25, 0.3) is 0 Å². The second kappa shape index (κ2) is 9.03. The van der Waals surface area contributed by atoms with E-state index in [0.717, 1.165) is 23.5 Å². The molecule has 0 aliphatic carbocycles. The van der Waals surface area contributed by atoms with E-state index < -0.39 is 0 Å². The molecule has 2 rings (SSSR count). The van der Waals surface area contributed by atoms with Crippen LogP contribution in [-0.2, 0) is 24.3 Å². The highest BCUT2D eigenvalue weighted by atomic mass is 16.2. The van der Waals surface area contributed by atoms with Crippen molar-refractivity contribution in [3.05, 3.63) is 53.6 Å². The molecular formula is C18H27N3O. The van der Waals surface area contributed by atoms with Crippen LogP contribution in [0.15, 0.2) is 36.5 Å². The Morgan fingerprint density at radius 3 is 2.41 bits per heavy atom. The summed E-state index contributed by atoms with van der Waals surface area (Å²) in [6, 6.07) is 10.0. The van der Waals surface area contributed by atoms with E-state index in [2.05, 4.69) is 11.9 Å². The fourth-order valence-corrected chi connectivity index (χ4v) is 2.12. The SMILES string of the molecule is CC.CCc1cn(CC(=O)N(C)Cc2ccccc2)c(C)n1. The quantitative estimate of drug-likeness (QED) is 0.848. The molecule has 0 fully saturated rings. The number of carbonyl (C=O) groups is 1. The van der Waals surface area contributed by atoms with Crippen molar-refractivity contribution in [3.63, 3.8) is 0 Å². The number of imidazole rings is 1. The van der Waals surface area contributed by atoms with E-state index in [4.69, 9.17) is 0 Å². The highest BCUT2D eigenvalue weighted by Crippen LogP contribution is 2.06. The van der Waals surface area contributed by atoms with E-state index in [1.54, 1.807) is 4.90 Å². The predicted molar refractivity (Wildman–Crippen MR) is 90.6 cm³/mol. The summed E-state index contributed by atoms with van der Waals surface area (Å²) < 4.78 is 1.92. The summed E-state index contributed by atoms with van der Waals surface area (Å²) >= 11 is 0. The maximum Gasteiger partial charge on any atom is 0.242 e. The minimum absolute atomic E-state index is 0.0945. The summed E-state index contributed by atoms with van der Waals surface area (Å²) in [6.07, 6.45) is 2.85. The van der Waals surface area contributed by atoms with Gasteiger partial charge in [-0.2, -0.15) is 0 Å². The highest BCUT2D eigenvalue weighted by molar-refractivity contribution is 5.75. The third-order valence-corrected chi connectivity index (χ3v) is 3.38. The molecular weight excluding hydrogens is 274 g/mol. The first-order chi connectivity index (χ1) is 10.6. The van der Waals surface area contributed by atoms with Crippen molar-refractivity contribution in [3.8, 4) is 0 Å². The number of nitrogens with zero attached hydrogens (tertiary/aromatic N) is 3. The molecule has 2 aromatic rings. The number of aryl methyl sites for hydroxylation is 2. The molecule has 0 saturated heterocycles. The molecule has 0 bridgehead atoms. The molecule has 0 atom stereocenters. The summed E-state index contributed by atoms with van der Waals surface area (Å²) in [6.45, 7) is 8.98. The Balaban J connectivity index is 0.00000116. The van der Waals surface area contributed by atoms with Gasteiger partial charge in [-0.15, -0.1) is 0 Å². The minimum atomic E-state index is 0.0945. The highest BCUT2D eigenvalue weighted by Gasteiger charge is 2.12. The van der Waals surface area contributed by atoms with Gasteiger partial charge in [-0.1, -0.05) is 51.1 Å². The van der Waals surface area contributed by atoms with E-state index in [0.29, 0.717) is 13.1 Å². The van der Waals surface area contributed by atoms with Gasteiger partial charge in [-0.3, -0.25) is 4.79 Å². The van der Waals surface area contributed by atoms with Gasteiger partial charge in [-0.05, 0) is 18.9 Å². The molecule has 0 aliphatic rings. The van der Waals surface area contributed by atoms with Gasteiger partial charge in [-0.25, -0.2) is 4.98 Å².